The van der Waals surface area contributed by atoms with E-state index in [1.54, 1.807) is 19.9 Å². The first-order chi connectivity index (χ1) is 22.5. The van der Waals surface area contributed by atoms with Gasteiger partial charge in [-0.15, -0.1) is 0 Å². The third-order valence-electron chi connectivity index (χ3n) is 10.2. The quantitative estimate of drug-likeness (QED) is 0.262. The van der Waals surface area contributed by atoms with Crippen LogP contribution in [0.25, 0.3) is 0 Å². The van der Waals surface area contributed by atoms with Gasteiger partial charge < -0.3 is 15.1 Å². The molecule has 1 aromatic rings. The van der Waals surface area contributed by atoms with Crippen LogP contribution >= 0.6 is 0 Å². The Kier molecular flexibility index (Phi) is 10.6. The summed E-state index contributed by atoms with van der Waals surface area (Å²) in [5.74, 6) is -4.98. The molecule has 6 nitrogen and oxygen atoms in total. The highest BCUT2D eigenvalue weighted by molar-refractivity contribution is 6.02. The fraction of sp³-hybridized carbons (Fsp3) is 0.583. The lowest BCUT2D eigenvalue weighted by atomic mass is 9.85. The molecule has 1 saturated carbocycles. The average Bonchev–Trinajstić information content (AvgIpc) is 3.85. The molecule has 0 spiro atoms. The molecule has 5 aliphatic rings. The van der Waals surface area contributed by atoms with E-state index in [4.69, 9.17) is 0 Å². The molecule has 1 saturated heterocycles. The van der Waals surface area contributed by atoms with E-state index < -0.39 is 47.1 Å². The van der Waals surface area contributed by atoms with Gasteiger partial charge in [0.2, 0.25) is 0 Å². The number of nitrogens with zero attached hydrogens (tertiary/aromatic N) is 5. The van der Waals surface area contributed by atoms with E-state index in [0.29, 0.717) is 43.5 Å². The summed E-state index contributed by atoms with van der Waals surface area (Å²) in [6.45, 7) is 13.4. The molecule has 2 fully saturated rings. The van der Waals surface area contributed by atoms with Gasteiger partial charge in [0.1, 0.15) is 17.5 Å². The molecule has 1 unspecified atom stereocenters. The lowest BCUT2D eigenvalue weighted by Gasteiger charge is -2.40. The van der Waals surface area contributed by atoms with Crippen LogP contribution in [0.4, 0.5) is 22.0 Å². The van der Waals surface area contributed by atoms with Crippen molar-refractivity contribution in [3.05, 3.63) is 70.5 Å². The van der Waals surface area contributed by atoms with Gasteiger partial charge in [-0.3, -0.25) is 4.99 Å². The molecule has 2 atom stereocenters. The second-order valence-corrected chi connectivity index (χ2v) is 13.2. The monoisotopic (exact) mass is 656 g/mol. The maximum atomic E-state index is 16.1. The van der Waals surface area contributed by atoms with Crippen LogP contribution in [0.15, 0.2) is 63.5 Å². The van der Waals surface area contributed by atoms with Gasteiger partial charge in [0.25, 0.3) is 12.3 Å². The number of halogens is 5. The van der Waals surface area contributed by atoms with Crippen LogP contribution in [0.3, 0.4) is 0 Å². The van der Waals surface area contributed by atoms with Gasteiger partial charge in [-0.05, 0) is 90.4 Å². The van der Waals surface area contributed by atoms with Crippen molar-refractivity contribution in [2.45, 2.75) is 96.1 Å². The molecular weight excluding hydrogens is 611 g/mol. The molecule has 4 aliphatic heterocycles. The zero-order chi connectivity index (χ0) is 33.9. The summed E-state index contributed by atoms with van der Waals surface area (Å²) in [5, 5.41) is 13.3. The van der Waals surface area contributed by atoms with Crippen LogP contribution in [0, 0.1) is 28.5 Å². The number of piperidine rings is 1. The molecule has 47 heavy (non-hydrogen) atoms. The highest BCUT2D eigenvalue weighted by atomic mass is 19.3. The first kappa shape index (κ1) is 34.8. The fourth-order valence-electron chi connectivity index (χ4n) is 7.29. The van der Waals surface area contributed by atoms with E-state index in [-0.39, 0.29) is 48.7 Å². The summed E-state index contributed by atoms with van der Waals surface area (Å²) in [7, 11) is 0. The summed E-state index contributed by atoms with van der Waals surface area (Å²) in [5.41, 5.74) is -0.348. The first-order valence-electron chi connectivity index (χ1n) is 16.8. The van der Waals surface area contributed by atoms with Gasteiger partial charge in [-0.2, -0.15) is 5.26 Å². The van der Waals surface area contributed by atoms with E-state index >= 15 is 13.2 Å². The zero-order valence-electron chi connectivity index (χ0n) is 27.4. The van der Waals surface area contributed by atoms with Crippen molar-refractivity contribution in [1.29, 1.82) is 5.26 Å². The second kappa shape index (κ2) is 14.3. The van der Waals surface area contributed by atoms with Crippen LogP contribution in [0.5, 0.6) is 0 Å². The minimum atomic E-state index is -3.35. The Morgan fingerprint density at radius 3 is 2.40 bits per heavy atom. The van der Waals surface area contributed by atoms with Gasteiger partial charge in [-0.25, -0.2) is 26.9 Å². The lowest BCUT2D eigenvalue weighted by Crippen LogP contribution is -2.43. The number of hydrogen-bond acceptors (Lipinski definition) is 5. The zero-order valence-corrected chi connectivity index (χ0v) is 27.4. The third-order valence-corrected chi connectivity index (χ3v) is 10.2. The van der Waals surface area contributed by atoms with Crippen molar-refractivity contribution < 1.29 is 22.0 Å². The fourth-order valence-corrected chi connectivity index (χ4v) is 7.29. The number of allylic oxidation sites excluding steroid dienone is 1. The maximum absolute atomic E-state index is 16.1. The number of alkyl halides is 4. The number of fused-ring (bicyclic) bond motifs is 10. The van der Waals surface area contributed by atoms with Gasteiger partial charge in [-0.1, -0.05) is 44.0 Å². The second-order valence-electron chi connectivity index (χ2n) is 13.2. The van der Waals surface area contributed by atoms with E-state index in [1.165, 1.54) is 17.0 Å². The van der Waals surface area contributed by atoms with Crippen LogP contribution in [0.1, 0.15) is 88.8 Å². The largest absolute Gasteiger partial charge is 0.363 e. The molecule has 6 rings (SSSR count). The van der Waals surface area contributed by atoms with E-state index in [1.807, 2.05) is 0 Å². The molecule has 1 N–H and O–H groups in total. The highest BCUT2D eigenvalue weighted by Gasteiger charge is 2.51. The van der Waals surface area contributed by atoms with Gasteiger partial charge in [0.05, 0.1) is 34.7 Å². The standard InChI is InChI=1S/C36H45F5N6/c1-5-44-33-27-21-29(35(22-42)16-17-35)24(3)47(34(27)43-4)30(32(38)39)13-8-6-7-9-18-46-19-14-25(15-20-46)36(40,41)28-12-10-11-26(31(28)37)23(2)45-33/h10-12,21,23,25,30,32H,3-9,13-20H2,1-2H3,(H,44,45)/t23-,30?/m1/s1. The van der Waals surface area contributed by atoms with Crippen molar-refractivity contribution in [2.24, 2.45) is 21.3 Å². The summed E-state index contributed by atoms with van der Waals surface area (Å²) < 4.78 is 77.9. The number of nitriles is 1. The summed E-state index contributed by atoms with van der Waals surface area (Å²) in [6, 6.07) is 4.32. The van der Waals surface area contributed by atoms with Crippen LogP contribution < -0.4 is 5.32 Å². The van der Waals surface area contributed by atoms with Crippen LogP contribution in [-0.2, 0) is 5.92 Å². The predicted molar refractivity (Wildman–Crippen MR) is 175 cm³/mol. The van der Waals surface area contributed by atoms with Gasteiger partial charge in [0, 0.05) is 23.7 Å². The Labute approximate surface area is 274 Å². The topological polar surface area (TPSA) is 67.0 Å². The third kappa shape index (κ3) is 6.89. The average molecular weight is 657 g/mol. The van der Waals surface area contributed by atoms with Gasteiger partial charge >= 0.3 is 0 Å². The van der Waals surface area contributed by atoms with E-state index in [0.717, 1.165) is 31.9 Å². The Morgan fingerprint density at radius 1 is 1.09 bits per heavy atom. The molecule has 0 amide bonds. The number of aliphatic imine (C=N–C) groups is 2. The first-order valence-corrected chi connectivity index (χ1v) is 16.8. The van der Waals surface area contributed by atoms with E-state index in [9.17, 15) is 14.0 Å². The highest BCUT2D eigenvalue weighted by Crippen LogP contribution is 2.56. The molecular formula is C36H45F5N6. The predicted octanol–water partition coefficient (Wildman–Crippen LogP) is 8.27. The molecule has 11 heteroatoms. The summed E-state index contributed by atoms with van der Waals surface area (Å²) >= 11 is 0. The maximum Gasteiger partial charge on any atom is 0.278 e. The minimum absolute atomic E-state index is 0.0328. The Morgan fingerprint density at radius 2 is 1.79 bits per heavy atom. The lowest BCUT2D eigenvalue weighted by molar-refractivity contribution is -0.0880. The number of nitrogens with one attached hydrogen (secondary N) is 1. The normalized spacial score (nSPS) is 29.1. The van der Waals surface area contributed by atoms with E-state index in [2.05, 4.69) is 39.6 Å². The van der Waals surface area contributed by atoms with Crippen molar-refractivity contribution >= 4 is 12.6 Å². The summed E-state index contributed by atoms with van der Waals surface area (Å²) in [6.07, 6.45) is 3.67. The molecule has 6 bridgehead atoms. The summed E-state index contributed by atoms with van der Waals surface area (Å²) in [4.78, 5) is 12.4. The van der Waals surface area contributed by atoms with Crippen molar-refractivity contribution in [3.63, 3.8) is 0 Å². The number of rotatable bonds is 4. The number of hydrogen-bond donors (Lipinski definition) is 1. The molecule has 4 heterocycles. The number of benzene rings is 1. The molecule has 0 radical (unpaired) electrons. The van der Waals surface area contributed by atoms with Crippen molar-refractivity contribution in [2.75, 3.05) is 26.2 Å². The smallest absolute Gasteiger partial charge is 0.278 e. The van der Waals surface area contributed by atoms with Crippen molar-refractivity contribution in [1.82, 2.24) is 15.1 Å². The Balaban J connectivity index is 1.62. The van der Waals surface area contributed by atoms with Gasteiger partial charge in [0.15, 0.2) is 0 Å². The Hall–Kier alpha value is -3.52. The minimum Gasteiger partial charge on any atom is -0.363 e. The van der Waals surface area contributed by atoms with Crippen LogP contribution in [-0.4, -0.2) is 61.0 Å². The molecule has 1 aliphatic carbocycles. The molecule has 1 aromatic carbocycles. The SMILES string of the molecule is C=NC1=C2C=C(C3(C#N)CC3)C(=C)N1C(C(F)F)CCCCCCN1CCC(CC1)C(F)(F)c1cccc(c1F)[C@@H](C)NC2=NCC. The molecule has 254 valence electrons. The Bertz CT molecular complexity index is 1480. The van der Waals surface area contributed by atoms with Crippen LogP contribution in [0.2, 0.25) is 0 Å². The number of amidine groups is 1. The van der Waals surface area contributed by atoms with Crippen molar-refractivity contribution in [3.8, 4) is 6.07 Å². The molecule has 0 aromatic heterocycles.